The predicted octanol–water partition coefficient (Wildman–Crippen LogP) is 3.21. The average molecular weight is 354 g/mol. The van der Waals surface area contributed by atoms with Gasteiger partial charge in [0.25, 0.3) is 0 Å². The molecule has 1 aliphatic carbocycles. The second-order valence-electron chi connectivity index (χ2n) is 6.47. The summed E-state index contributed by atoms with van der Waals surface area (Å²) in [7, 11) is 2.00. The van der Waals surface area contributed by atoms with Crippen molar-refractivity contribution in [2.24, 2.45) is 13.0 Å². The molecule has 0 spiro atoms. The van der Waals surface area contributed by atoms with Crippen LogP contribution in [0.5, 0.6) is 0 Å². The van der Waals surface area contributed by atoms with Gasteiger partial charge in [0.15, 0.2) is 0 Å². The maximum Gasteiger partial charge on any atom is 0.137 e. The van der Waals surface area contributed by atoms with Crippen LogP contribution in [0.4, 0.5) is 0 Å². The Bertz CT molecular complexity index is 540. The van der Waals surface area contributed by atoms with Gasteiger partial charge in [-0.25, -0.2) is 0 Å². The van der Waals surface area contributed by atoms with Crippen LogP contribution in [-0.2, 0) is 18.4 Å². The minimum atomic E-state index is 0.273. The van der Waals surface area contributed by atoms with Crippen LogP contribution >= 0.6 is 15.9 Å². The van der Waals surface area contributed by atoms with Crippen molar-refractivity contribution < 1.29 is 4.79 Å². The van der Waals surface area contributed by atoms with Gasteiger partial charge in [-0.3, -0.25) is 14.4 Å². The Morgan fingerprint density at radius 2 is 2.10 bits per heavy atom. The highest BCUT2D eigenvalue weighted by Gasteiger charge is 2.37. The number of carbonyl (C=O) groups excluding carboxylic acids is 1. The van der Waals surface area contributed by atoms with Crippen LogP contribution < -0.4 is 0 Å². The van der Waals surface area contributed by atoms with E-state index < -0.39 is 0 Å². The van der Waals surface area contributed by atoms with Crippen molar-refractivity contribution >= 4 is 21.7 Å². The molecule has 4 nitrogen and oxygen atoms in total. The minimum Gasteiger partial charge on any atom is -0.299 e. The lowest BCUT2D eigenvalue weighted by atomic mass is 9.82. The van der Waals surface area contributed by atoms with E-state index in [1.165, 1.54) is 25.0 Å². The summed E-state index contributed by atoms with van der Waals surface area (Å²) in [5.41, 5.74) is 2.26. The zero-order valence-corrected chi connectivity index (χ0v) is 14.5. The molecule has 2 heterocycles. The monoisotopic (exact) mass is 353 g/mol. The lowest BCUT2D eigenvalue weighted by Gasteiger charge is -2.33. The molecule has 2 aliphatic rings. The molecule has 0 amide bonds. The molecule has 5 heteroatoms. The molecule has 1 saturated heterocycles. The van der Waals surface area contributed by atoms with Gasteiger partial charge in [0.1, 0.15) is 5.78 Å². The average Bonchev–Trinajstić information content (AvgIpc) is 3.00. The largest absolute Gasteiger partial charge is 0.299 e. The van der Waals surface area contributed by atoms with Crippen molar-refractivity contribution in [3.8, 4) is 0 Å². The van der Waals surface area contributed by atoms with Crippen molar-refractivity contribution in [2.75, 3.05) is 6.54 Å². The smallest absolute Gasteiger partial charge is 0.137 e. The third kappa shape index (κ3) is 2.95. The first-order valence-electron chi connectivity index (χ1n) is 8.02. The molecule has 1 aromatic heterocycles. The van der Waals surface area contributed by atoms with Crippen LogP contribution in [0.1, 0.15) is 49.9 Å². The molecule has 2 fully saturated rings. The molecule has 1 saturated carbocycles. The molecular formula is C16H24BrN3O. The van der Waals surface area contributed by atoms with Gasteiger partial charge in [-0.1, -0.05) is 6.42 Å². The summed E-state index contributed by atoms with van der Waals surface area (Å²) >= 11 is 3.66. The first-order valence-corrected chi connectivity index (χ1v) is 8.82. The predicted molar refractivity (Wildman–Crippen MR) is 86.0 cm³/mol. The highest BCUT2D eigenvalue weighted by atomic mass is 79.9. The lowest BCUT2D eigenvalue weighted by Crippen LogP contribution is -2.40. The maximum absolute atomic E-state index is 12.3. The van der Waals surface area contributed by atoms with Crippen LogP contribution in [0, 0.1) is 12.8 Å². The van der Waals surface area contributed by atoms with Crippen LogP contribution in [0.2, 0.25) is 0 Å². The number of Topliss-reactive ketones (excluding diaryl/α,β-unsaturated/α-hetero) is 1. The molecule has 0 aromatic carbocycles. The molecule has 21 heavy (non-hydrogen) atoms. The highest BCUT2D eigenvalue weighted by Crippen LogP contribution is 2.34. The normalized spacial score (nSPS) is 27.5. The van der Waals surface area contributed by atoms with E-state index in [9.17, 15) is 4.79 Å². The second-order valence-corrected chi connectivity index (χ2v) is 7.26. The van der Waals surface area contributed by atoms with Gasteiger partial charge in [0.05, 0.1) is 15.9 Å². The van der Waals surface area contributed by atoms with E-state index in [1.807, 2.05) is 18.7 Å². The lowest BCUT2D eigenvalue weighted by molar-refractivity contribution is -0.126. The summed E-state index contributed by atoms with van der Waals surface area (Å²) in [6, 6.07) is 0.444. The summed E-state index contributed by atoms with van der Waals surface area (Å²) in [4.78, 5) is 14.8. The number of rotatable bonds is 3. The van der Waals surface area contributed by atoms with E-state index in [1.54, 1.807) is 0 Å². The number of hydrogen-bond donors (Lipinski definition) is 0. The van der Waals surface area contributed by atoms with Crippen molar-refractivity contribution in [3.63, 3.8) is 0 Å². The van der Waals surface area contributed by atoms with Crippen molar-refractivity contribution in [2.45, 2.75) is 58.0 Å². The van der Waals surface area contributed by atoms with Crippen LogP contribution in [0.3, 0.4) is 0 Å². The zero-order valence-electron chi connectivity index (χ0n) is 12.9. The summed E-state index contributed by atoms with van der Waals surface area (Å²) in [5.74, 6) is 0.771. The standard InChI is InChI=1S/C16H24BrN3O/c1-11-16(17)14(19(2)18-11)10-20-9-5-7-13(20)12-6-3-4-8-15(12)21/h12-13H,3-10H2,1-2H3. The number of carbonyl (C=O) groups is 1. The first-order chi connectivity index (χ1) is 10.1. The fraction of sp³-hybridized carbons (Fsp3) is 0.750. The van der Waals surface area contributed by atoms with E-state index in [2.05, 4.69) is 25.9 Å². The molecule has 1 aliphatic heterocycles. The van der Waals surface area contributed by atoms with Crippen molar-refractivity contribution in [3.05, 3.63) is 15.9 Å². The number of hydrogen-bond acceptors (Lipinski definition) is 3. The molecule has 0 N–H and O–H groups in total. The molecule has 3 rings (SSSR count). The number of nitrogens with zero attached hydrogens (tertiary/aromatic N) is 3. The van der Waals surface area contributed by atoms with Crippen molar-refractivity contribution in [1.82, 2.24) is 14.7 Å². The highest BCUT2D eigenvalue weighted by molar-refractivity contribution is 9.10. The van der Waals surface area contributed by atoms with E-state index in [-0.39, 0.29) is 5.92 Å². The summed E-state index contributed by atoms with van der Waals surface area (Å²) in [5, 5.41) is 4.48. The fourth-order valence-electron chi connectivity index (χ4n) is 3.96. The Morgan fingerprint density at radius 1 is 1.29 bits per heavy atom. The number of aryl methyl sites for hydroxylation is 2. The SMILES string of the molecule is Cc1nn(C)c(CN2CCCC2C2CCCCC2=O)c1Br. The minimum absolute atomic E-state index is 0.273. The van der Waals surface area contributed by atoms with Gasteiger partial charge >= 0.3 is 0 Å². The Hall–Kier alpha value is -0.680. The Kier molecular flexibility index (Phi) is 4.50. The van der Waals surface area contributed by atoms with E-state index >= 15 is 0 Å². The van der Waals surface area contributed by atoms with Crippen LogP contribution in [0.25, 0.3) is 0 Å². The van der Waals surface area contributed by atoms with Gasteiger partial charge in [-0.15, -0.1) is 0 Å². The molecule has 0 bridgehead atoms. The second kappa shape index (κ2) is 6.21. The van der Waals surface area contributed by atoms with E-state index in [0.29, 0.717) is 11.8 Å². The first kappa shape index (κ1) is 15.2. The van der Waals surface area contributed by atoms with E-state index in [4.69, 9.17) is 0 Å². The molecule has 2 atom stereocenters. The van der Waals surface area contributed by atoms with E-state index in [0.717, 1.165) is 42.5 Å². The Balaban J connectivity index is 1.76. The Labute approximate surface area is 135 Å². The number of ketones is 1. The Morgan fingerprint density at radius 3 is 2.76 bits per heavy atom. The molecule has 2 unspecified atom stereocenters. The third-order valence-electron chi connectivity index (χ3n) is 5.10. The number of aromatic nitrogens is 2. The summed E-state index contributed by atoms with van der Waals surface area (Å²) in [6.07, 6.45) is 6.58. The molecule has 1 aromatic rings. The van der Waals surface area contributed by atoms with Gasteiger partial charge in [0.2, 0.25) is 0 Å². The molecule has 0 radical (unpaired) electrons. The maximum atomic E-state index is 12.3. The summed E-state index contributed by atoms with van der Waals surface area (Å²) in [6.45, 7) is 4.02. The fourth-order valence-corrected chi connectivity index (χ4v) is 4.43. The molecular weight excluding hydrogens is 330 g/mol. The summed E-state index contributed by atoms with van der Waals surface area (Å²) < 4.78 is 3.09. The van der Waals surface area contributed by atoms with Gasteiger partial charge in [0, 0.05) is 32.0 Å². The van der Waals surface area contributed by atoms with Gasteiger partial charge < -0.3 is 0 Å². The quantitative estimate of drug-likeness (QED) is 0.837. The van der Waals surface area contributed by atoms with Crippen LogP contribution in [-0.4, -0.2) is 33.1 Å². The van der Waals surface area contributed by atoms with Crippen LogP contribution in [0.15, 0.2) is 4.47 Å². The number of likely N-dealkylation sites (tertiary alicyclic amines) is 1. The van der Waals surface area contributed by atoms with Gasteiger partial charge in [-0.05, 0) is 55.1 Å². The molecule has 116 valence electrons. The van der Waals surface area contributed by atoms with Gasteiger partial charge in [-0.2, -0.15) is 5.10 Å². The third-order valence-corrected chi connectivity index (χ3v) is 6.13. The zero-order chi connectivity index (χ0) is 15.0. The number of halogens is 1. The van der Waals surface area contributed by atoms with Crippen molar-refractivity contribution in [1.29, 1.82) is 0 Å². The topological polar surface area (TPSA) is 38.1 Å².